The third-order valence-electron chi connectivity index (χ3n) is 1.87. The highest BCUT2D eigenvalue weighted by Crippen LogP contribution is 2.06. The molecule has 1 aliphatic rings. The van der Waals surface area contributed by atoms with Gasteiger partial charge in [-0.3, -0.25) is 4.79 Å². The van der Waals surface area contributed by atoms with Crippen molar-refractivity contribution in [2.45, 2.75) is 51.5 Å². The Morgan fingerprint density at radius 3 is 1.86 bits per heavy atom. The summed E-state index contributed by atoms with van der Waals surface area (Å²) in [6, 6.07) is -0.731. The molecule has 0 aromatic rings. The first kappa shape index (κ1) is 13.0. The normalized spacial score (nSPS) is 17.3. The van der Waals surface area contributed by atoms with E-state index in [1.165, 1.54) is 32.6 Å². The van der Waals surface area contributed by atoms with Crippen molar-refractivity contribution in [2.75, 3.05) is 0 Å². The maximum absolute atomic E-state index is 9.57. The Balaban J connectivity index is 0.000000255. The van der Waals surface area contributed by atoms with Gasteiger partial charge in [-0.2, -0.15) is 0 Å². The lowest BCUT2D eigenvalue weighted by Crippen LogP contribution is -2.25. The van der Waals surface area contributed by atoms with Crippen LogP contribution < -0.4 is 5.73 Å². The molecule has 1 rings (SSSR count). The van der Waals surface area contributed by atoms with Crippen LogP contribution in [0.3, 0.4) is 0 Å². The third kappa shape index (κ3) is 9.08. The van der Waals surface area contributed by atoms with Crippen LogP contribution in [0.15, 0.2) is 0 Å². The van der Waals surface area contributed by atoms with Crippen molar-refractivity contribution in [3.63, 3.8) is 0 Å². The van der Waals surface area contributed by atoms with Gasteiger partial charge in [-0.1, -0.05) is 12.8 Å². The molecule has 1 aliphatic carbocycles. The molecule has 0 aromatic heterocycles. The average Bonchev–Trinajstić information content (AvgIpc) is 2.03. The number of carboxylic acids is 1. The fourth-order valence-electron chi connectivity index (χ4n) is 0.957. The Morgan fingerprint density at radius 2 is 1.57 bits per heavy atom. The number of rotatable bonds is 1. The van der Waals surface area contributed by atoms with Crippen molar-refractivity contribution in [1.29, 1.82) is 0 Å². The number of aliphatic carboxylic acids is 1. The summed E-state index contributed by atoms with van der Waals surface area (Å²) in [5.74, 6) is 5.31. The van der Waals surface area contributed by atoms with Gasteiger partial charge in [0.2, 0.25) is 0 Å². The number of carboxylic acid groups (broad SMARTS) is 1. The summed E-state index contributed by atoms with van der Waals surface area (Å²) in [5.41, 5.74) is 4.84. The van der Waals surface area contributed by atoms with E-state index in [-0.39, 0.29) is 0 Å². The summed E-state index contributed by atoms with van der Waals surface area (Å²) in [6.07, 6.45) is 7.73. The topological polar surface area (TPSA) is 63.3 Å². The van der Waals surface area contributed by atoms with Crippen LogP contribution in [0.4, 0.5) is 0 Å². The summed E-state index contributed by atoms with van der Waals surface area (Å²) in [6.45, 7) is 1.42. The van der Waals surface area contributed by atoms with Crippen molar-refractivity contribution in [3.05, 3.63) is 0 Å². The van der Waals surface area contributed by atoms with Gasteiger partial charge in [0, 0.05) is 12.8 Å². The van der Waals surface area contributed by atoms with Gasteiger partial charge >= 0.3 is 5.97 Å². The second-order valence-corrected chi connectivity index (χ2v) is 3.39. The Kier molecular flexibility index (Phi) is 7.96. The van der Waals surface area contributed by atoms with Crippen molar-refractivity contribution in [3.8, 4) is 11.8 Å². The molecular formula is C11H19NO2. The Labute approximate surface area is 85.7 Å². The number of carbonyl (C=O) groups is 1. The molecule has 0 heterocycles. The lowest BCUT2D eigenvalue weighted by molar-refractivity contribution is -0.138. The first-order valence-electron chi connectivity index (χ1n) is 5.08. The molecule has 3 N–H and O–H groups in total. The van der Waals surface area contributed by atoms with Crippen LogP contribution in [0.5, 0.6) is 0 Å². The molecule has 0 aromatic carbocycles. The van der Waals surface area contributed by atoms with Crippen LogP contribution >= 0.6 is 0 Å². The van der Waals surface area contributed by atoms with E-state index in [1.54, 1.807) is 0 Å². The lowest BCUT2D eigenvalue weighted by atomic mass is 10.1. The molecule has 0 radical (unpaired) electrons. The molecule has 0 spiro atoms. The van der Waals surface area contributed by atoms with Gasteiger partial charge in [0.25, 0.3) is 0 Å². The van der Waals surface area contributed by atoms with Crippen LogP contribution in [0.2, 0.25) is 0 Å². The quantitative estimate of drug-likeness (QED) is 0.630. The average molecular weight is 197 g/mol. The number of nitrogens with two attached hydrogens (primary N) is 1. The molecular weight excluding hydrogens is 178 g/mol. The van der Waals surface area contributed by atoms with Crippen LogP contribution in [-0.2, 0) is 4.79 Å². The van der Waals surface area contributed by atoms with E-state index in [0.717, 1.165) is 12.8 Å². The highest BCUT2D eigenvalue weighted by Gasteiger charge is 1.99. The monoisotopic (exact) mass is 197 g/mol. The number of hydrogen-bond donors (Lipinski definition) is 2. The van der Waals surface area contributed by atoms with E-state index >= 15 is 0 Å². The molecule has 14 heavy (non-hydrogen) atoms. The molecule has 0 unspecified atom stereocenters. The summed E-state index contributed by atoms with van der Waals surface area (Å²) in [4.78, 5) is 9.57. The fourth-order valence-corrected chi connectivity index (χ4v) is 0.957. The van der Waals surface area contributed by atoms with Crippen molar-refractivity contribution in [2.24, 2.45) is 5.73 Å². The Morgan fingerprint density at radius 1 is 1.21 bits per heavy atom. The van der Waals surface area contributed by atoms with E-state index < -0.39 is 12.0 Å². The molecule has 0 fully saturated rings. The van der Waals surface area contributed by atoms with E-state index in [4.69, 9.17) is 10.8 Å². The second kappa shape index (κ2) is 8.58. The van der Waals surface area contributed by atoms with Gasteiger partial charge < -0.3 is 10.8 Å². The highest BCUT2D eigenvalue weighted by atomic mass is 16.4. The first-order chi connectivity index (χ1) is 6.64. The van der Waals surface area contributed by atoms with Crippen LogP contribution in [0, 0.1) is 11.8 Å². The molecule has 3 nitrogen and oxygen atoms in total. The van der Waals surface area contributed by atoms with Gasteiger partial charge in [0.05, 0.1) is 0 Å². The van der Waals surface area contributed by atoms with E-state index in [9.17, 15) is 4.79 Å². The van der Waals surface area contributed by atoms with Crippen LogP contribution in [-0.4, -0.2) is 17.1 Å². The van der Waals surface area contributed by atoms with Gasteiger partial charge in [-0.05, 0) is 19.8 Å². The van der Waals surface area contributed by atoms with Crippen LogP contribution in [0.25, 0.3) is 0 Å². The molecule has 0 bridgehead atoms. The first-order valence-corrected chi connectivity index (χ1v) is 5.08. The fraction of sp³-hybridized carbons (Fsp3) is 0.727. The second-order valence-electron chi connectivity index (χ2n) is 3.39. The van der Waals surface area contributed by atoms with Crippen molar-refractivity contribution in [1.82, 2.24) is 0 Å². The van der Waals surface area contributed by atoms with E-state index in [2.05, 4.69) is 11.8 Å². The molecule has 3 heteroatoms. The van der Waals surface area contributed by atoms with E-state index in [0.29, 0.717) is 0 Å². The SMILES string of the molecule is C1#CCCCCCC1.C[C@@H](N)C(=O)O. The minimum atomic E-state index is -0.963. The zero-order valence-corrected chi connectivity index (χ0v) is 8.75. The summed E-state index contributed by atoms with van der Waals surface area (Å²) < 4.78 is 0. The van der Waals surface area contributed by atoms with E-state index in [1.807, 2.05) is 0 Å². The molecule has 0 amide bonds. The summed E-state index contributed by atoms with van der Waals surface area (Å²) >= 11 is 0. The lowest BCUT2D eigenvalue weighted by Gasteiger charge is -1.97. The number of hydrogen-bond acceptors (Lipinski definition) is 2. The molecule has 80 valence electrons. The Hall–Kier alpha value is -1.01. The Bertz CT molecular complexity index is 201. The van der Waals surface area contributed by atoms with Gasteiger partial charge in [0.1, 0.15) is 6.04 Å². The molecule has 0 saturated carbocycles. The maximum Gasteiger partial charge on any atom is 0.320 e. The minimum absolute atomic E-state index is 0.731. The van der Waals surface area contributed by atoms with Gasteiger partial charge in [-0.25, -0.2) is 0 Å². The standard InChI is InChI=1S/C8H12.C3H7NO2/c1-2-4-6-8-7-5-3-1;1-2(4)3(5)6/h1-6H2;2H,4H2,1H3,(H,5,6)/t;2-/m.1/s1. The van der Waals surface area contributed by atoms with Gasteiger partial charge in [0.15, 0.2) is 0 Å². The minimum Gasteiger partial charge on any atom is -0.480 e. The largest absolute Gasteiger partial charge is 0.480 e. The van der Waals surface area contributed by atoms with Gasteiger partial charge in [-0.15, -0.1) is 11.8 Å². The van der Waals surface area contributed by atoms with Crippen molar-refractivity contribution < 1.29 is 9.90 Å². The van der Waals surface area contributed by atoms with Crippen molar-refractivity contribution >= 4 is 5.97 Å². The molecule has 0 aliphatic heterocycles. The summed E-state index contributed by atoms with van der Waals surface area (Å²) in [7, 11) is 0. The molecule has 0 saturated heterocycles. The molecule has 1 atom stereocenters. The predicted octanol–water partition coefficient (Wildman–Crippen LogP) is 1.76. The summed E-state index contributed by atoms with van der Waals surface area (Å²) in [5, 5.41) is 7.87. The zero-order chi connectivity index (χ0) is 10.8. The highest BCUT2D eigenvalue weighted by molar-refractivity contribution is 5.72. The zero-order valence-electron chi connectivity index (χ0n) is 8.75. The maximum atomic E-state index is 9.57. The van der Waals surface area contributed by atoms with Crippen LogP contribution in [0.1, 0.15) is 45.4 Å². The predicted molar refractivity (Wildman–Crippen MR) is 56.8 cm³/mol. The smallest absolute Gasteiger partial charge is 0.320 e. The third-order valence-corrected chi connectivity index (χ3v) is 1.87.